The molecule has 0 aliphatic heterocycles. The van der Waals surface area contributed by atoms with E-state index in [9.17, 15) is 14.0 Å². The first-order valence-electron chi connectivity index (χ1n) is 9.78. The van der Waals surface area contributed by atoms with Crippen LogP contribution in [0.3, 0.4) is 0 Å². The molecule has 1 amide bonds. The van der Waals surface area contributed by atoms with Crippen molar-refractivity contribution in [2.75, 3.05) is 5.75 Å². The van der Waals surface area contributed by atoms with Crippen LogP contribution in [0.2, 0.25) is 0 Å². The molecule has 31 heavy (non-hydrogen) atoms. The molecule has 0 atom stereocenters. The normalized spacial score (nSPS) is 11.0. The molecule has 0 saturated heterocycles. The summed E-state index contributed by atoms with van der Waals surface area (Å²) in [5.41, 5.74) is 3.32. The predicted molar refractivity (Wildman–Crippen MR) is 124 cm³/mol. The van der Waals surface area contributed by atoms with E-state index in [1.54, 1.807) is 16.7 Å². The third-order valence-electron chi connectivity index (χ3n) is 4.78. The van der Waals surface area contributed by atoms with Crippen LogP contribution in [0, 0.1) is 5.82 Å². The minimum atomic E-state index is -0.312. The summed E-state index contributed by atoms with van der Waals surface area (Å²) in [4.78, 5) is 30.1. The van der Waals surface area contributed by atoms with Gasteiger partial charge in [0.2, 0.25) is 5.91 Å². The predicted octanol–water partition coefficient (Wildman–Crippen LogP) is 4.69. The number of nitrogens with zero attached hydrogens (tertiary/aromatic N) is 2. The molecule has 0 aliphatic rings. The molecule has 0 bridgehead atoms. The molecule has 2 aromatic carbocycles. The Labute approximate surface area is 187 Å². The van der Waals surface area contributed by atoms with E-state index in [1.165, 1.54) is 35.2 Å². The van der Waals surface area contributed by atoms with E-state index in [4.69, 9.17) is 4.98 Å². The number of hydrogen-bond donors (Lipinski definition) is 1. The fourth-order valence-corrected chi connectivity index (χ4v) is 5.02. The van der Waals surface area contributed by atoms with Crippen LogP contribution < -0.4 is 10.9 Å². The average Bonchev–Trinajstić information content (AvgIpc) is 3.22. The monoisotopic (exact) mass is 453 g/mol. The van der Waals surface area contributed by atoms with Crippen LogP contribution in [-0.4, -0.2) is 21.2 Å². The second-order valence-corrected chi connectivity index (χ2v) is 8.65. The first kappa shape index (κ1) is 21.3. The smallest absolute Gasteiger partial charge is 0.272 e. The summed E-state index contributed by atoms with van der Waals surface area (Å²) >= 11 is 2.63. The van der Waals surface area contributed by atoms with Gasteiger partial charge in [-0.3, -0.25) is 14.2 Å². The summed E-state index contributed by atoms with van der Waals surface area (Å²) in [7, 11) is 0. The molecule has 2 aromatic heterocycles. The van der Waals surface area contributed by atoms with Crippen LogP contribution in [0.25, 0.3) is 21.3 Å². The van der Waals surface area contributed by atoms with Gasteiger partial charge >= 0.3 is 0 Å². The van der Waals surface area contributed by atoms with Crippen molar-refractivity contribution in [1.29, 1.82) is 0 Å². The maximum atomic E-state index is 13.0. The van der Waals surface area contributed by atoms with E-state index < -0.39 is 0 Å². The second-order valence-electron chi connectivity index (χ2n) is 6.83. The standard InChI is InChI=1S/C23H20FN3O2S2/c1-2-27-22(29)21-20(18(13-30-21)16-6-4-3-5-7-16)26-23(27)31-14-19(28)25-12-15-8-10-17(24)11-9-15/h3-11,13H,2,12,14H2,1H3,(H,25,28). The number of aromatic nitrogens is 2. The van der Waals surface area contributed by atoms with E-state index in [0.29, 0.717) is 28.5 Å². The lowest BCUT2D eigenvalue weighted by Gasteiger charge is -2.11. The second kappa shape index (κ2) is 9.45. The Balaban J connectivity index is 1.54. The van der Waals surface area contributed by atoms with Gasteiger partial charge in [-0.15, -0.1) is 11.3 Å². The summed E-state index contributed by atoms with van der Waals surface area (Å²) in [5.74, 6) is -0.364. The van der Waals surface area contributed by atoms with Gasteiger partial charge < -0.3 is 5.32 Å². The van der Waals surface area contributed by atoms with Crippen molar-refractivity contribution in [3.05, 3.63) is 81.7 Å². The summed E-state index contributed by atoms with van der Waals surface area (Å²) in [6, 6.07) is 15.8. The third-order valence-corrected chi connectivity index (χ3v) is 6.71. The molecule has 0 saturated carbocycles. The first-order chi connectivity index (χ1) is 15.1. The fraction of sp³-hybridized carbons (Fsp3) is 0.174. The number of amides is 1. The minimum Gasteiger partial charge on any atom is -0.351 e. The van der Waals surface area contributed by atoms with E-state index in [0.717, 1.165) is 16.7 Å². The van der Waals surface area contributed by atoms with Crippen molar-refractivity contribution < 1.29 is 9.18 Å². The Morgan fingerprint density at radius 2 is 1.90 bits per heavy atom. The largest absolute Gasteiger partial charge is 0.351 e. The number of carbonyl (C=O) groups excluding carboxylic acids is 1. The first-order valence-corrected chi connectivity index (χ1v) is 11.6. The molecule has 0 unspecified atom stereocenters. The number of nitrogens with one attached hydrogen (secondary N) is 1. The van der Waals surface area contributed by atoms with E-state index >= 15 is 0 Å². The summed E-state index contributed by atoms with van der Waals surface area (Å²) < 4.78 is 15.2. The van der Waals surface area contributed by atoms with E-state index in [-0.39, 0.29) is 23.0 Å². The quantitative estimate of drug-likeness (QED) is 0.326. The van der Waals surface area contributed by atoms with Gasteiger partial charge in [0.25, 0.3) is 5.56 Å². The maximum absolute atomic E-state index is 13.0. The Bertz CT molecular complexity index is 1270. The number of rotatable bonds is 7. The Morgan fingerprint density at radius 3 is 2.61 bits per heavy atom. The molecule has 158 valence electrons. The Kier molecular flexibility index (Phi) is 6.48. The third kappa shape index (κ3) is 4.70. The number of fused-ring (bicyclic) bond motifs is 1. The van der Waals surface area contributed by atoms with Crippen molar-refractivity contribution in [3.63, 3.8) is 0 Å². The van der Waals surface area contributed by atoms with Crippen LogP contribution in [0.4, 0.5) is 4.39 Å². The zero-order chi connectivity index (χ0) is 21.8. The highest BCUT2D eigenvalue weighted by atomic mass is 32.2. The number of thiophene rings is 1. The van der Waals surface area contributed by atoms with Gasteiger partial charge in [0.15, 0.2) is 5.16 Å². The van der Waals surface area contributed by atoms with Crippen molar-refractivity contribution in [2.45, 2.75) is 25.2 Å². The lowest BCUT2D eigenvalue weighted by molar-refractivity contribution is -0.118. The average molecular weight is 454 g/mol. The van der Waals surface area contributed by atoms with Crippen molar-refractivity contribution in [1.82, 2.24) is 14.9 Å². The van der Waals surface area contributed by atoms with Crippen LogP contribution in [0.15, 0.2) is 69.9 Å². The van der Waals surface area contributed by atoms with Gasteiger partial charge in [-0.1, -0.05) is 54.2 Å². The highest BCUT2D eigenvalue weighted by Crippen LogP contribution is 2.32. The molecule has 4 aromatic rings. The highest BCUT2D eigenvalue weighted by molar-refractivity contribution is 7.99. The van der Waals surface area contributed by atoms with Gasteiger partial charge in [-0.25, -0.2) is 9.37 Å². The van der Waals surface area contributed by atoms with Gasteiger partial charge in [0, 0.05) is 24.0 Å². The molecule has 0 aliphatic carbocycles. The molecular formula is C23H20FN3O2S2. The molecule has 2 heterocycles. The molecule has 8 heteroatoms. The van der Waals surface area contributed by atoms with Crippen LogP contribution in [0.1, 0.15) is 12.5 Å². The summed E-state index contributed by atoms with van der Waals surface area (Å²) in [5, 5.41) is 5.29. The van der Waals surface area contributed by atoms with Crippen molar-refractivity contribution in [2.24, 2.45) is 0 Å². The molecule has 0 fully saturated rings. The zero-order valence-electron chi connectivity index (χ0n) is 16.8. The maximum Gasteiger partial charge on any atom is 0.272 e. The van der Waals surface area contributed by atoms with Crippen LogP contribution in [-0.2, 0) is 17.9 Å². The van der Waals surface area contributed by atoms with Crippen molar-refractivity contribution >= 4 is 39.2 Å². The molecule has 0 spiro atoms. The summed E-state index contributed by atoms with van der Waals surface area (Å²) in [6.45, 7) is 2.68. The topological polar surface area (TPSA) is 64.0 Å². The van der Waals surface area contributed by atoms with Crippen molar-refractivity contribution in [3.8, 4) is 11.1 Å². The molecule has 5 nitrogen and oxygen atoms in total. The SMILES string of the molecule is CCn1c(SCC(=O)NCc2ccc(F)cc2)nc2c(-c3ccccc3)csc2c1=O. The number of carbonyl (C=O) groups is 1. The van der Waals surface area contributed by atoms with Gasteiger partial charge in [0.1, 0.15) is 10.5 Å². The Morgan fingerprint density at radius 1 is 1.16 bits per heavy atom. The van der Waals surface area contributed by atoms with E-state index in [2.05, 4.69) is 5.32 Å². The lowest BCUT2D eigenvalue weighted by atomic mass is 10.1. The molecule has 4 rings (SSSR count). The number of thioether (sulfide) groups is 1. The lowest BCUT2D eigenvalue weighted by Crippen LogP contribution is -2.26. The van der Waals surface area contributed by atoms with Gasteiger partial charge in [-0.2, -0.15) is 0 Å². The number of halogens is 1. The van der Waals surface area contributed by atoms with Crippen LogP contribution in [0.5, 0.6) is 0 Å². The van der Waals surface area contributed by atoms with E-state index in [1.807, 2.05) is 42.6 Å². The highest BCUT2D eigenvalue weighted by Gasteiger charge is 2.17. The van der Waals surface area contributed by atoms with Gasteiger partial charge in [0.05, 0.1) is 11.3 Å². The van der Waals surface area contributed by atoms with Crippen LogP contribution >= 0.6 is 23.1 Å². The number of hydrogen-bond acceptors (Lipinski definition) is 5. The molecular weight excluding hydrogens is 433 g/mol. The molecule has 1 N–H and O–H groups in total. The zero-order valence-corrected chi connectivity index (χ0v) is 18.4. The fourth-order valence-electron chi connectivity index (χ4n) is 3.18. The Hall–Kier alpha value is -2.97. The minimum absolute atomic E-state index is 0.0890. The van der Waals surface area contributed by atoms with Gasteiger partial charge in [-0.05, 0) is 30.2 Å². The molecule has 0 radical (unpaired) electrons. The summed E-state index contributed by atoms with van der Waals surface area (Å²) in [6.07, 6.45) is 0. The number of benzene rings is 2.